The van der Waals surface area contributed by atoms with E-state index >= 15 is 0 Å². The highest BCUT2D eigenvalue weighted by molar-refractivity contribution is 5.93. The number of hydrogen-bond donors (Lipinski definition) is 3. The van der Waals surface area contributed by atoms with Crippen LogP contribution in [0.4, 0.5) is 0 Å². The quantitative estimate of drug-likeness (QED) is 0.706. The summed E-state index contributed by atoms with van der Waals surface area (Å²) in [7, 11) is 0. The Labute approximate surface area is 128 Å². The van der Waals surface area contributed by atoms with E-state index in [1.807, 2.05) is 36.4 Å². The maximum Gasteiger partial charge on any atom is 0.243 e. The molecular weight excluding hydrogens is 282 g/mol. The molecule has 1 fully saturated rings. The van der Waals surface area contributed by atoms with Crippen molar-refractivity contribution in [2.24, 2.45) is 5.73 Å². The largest absolute Gasteiger partial charge is 0.368 e. The molecule has 0 saturated carbocycles. The molecule has 0 unspecified atom stereocenters. The van der Waals surface area contributed by atoms with Gasteiger partial charge in [-0.3, -0.25) is 14.4 Å². The van der Waals surface area contributed by atoms with Crippen LogP contribution in [-0.4, -0.2) is 29.8 Å². The number of primary amides is 1. The number of rotatable bonds is 6. The van der Waals surface area contributed by atoms with Crippen LogP contribution in [0.2, 0.25) is 0 Å². The summed E-state index contributed by atoms with van der Waals surface area (Å²) in [6.45, 7) is 0. The van der Waals surface area contributed by atoms with Gasteiger partial charge in [-0.05, 0) is 18.4 Å². The molecule has 6 heteroatoms. The maximum atomic E-state index is 12.0. The molecule has 1 aromatic carbocycles. The second kappa shape index (κ2) is 7.40. The monoisotopic (exact) mass is 301 g/mol. The van der Waals surface area contributed by atoms with Gasteiger partial charge in [0.15, 0.2) is 0 Å². The Hall–Kier alpha value is -2.63. The van der Waals surface area contributed by atoms with E-state index in [0.717, 1.165) is 5.56 Å². The molecule has 0 bridgehead atoms. The Morgan fingerprint density at radius 2 is 2.09 bits per heavy atom. The van der Waals surface area contributed by atoms with Crippen LogP contribution < -0.4 is 16.4 Å². The van der Waals surface area contributed by atoms with Crippen molar-refractivity contribution in [3.63, 3.8) is 0 Å². The summed E-state index contributed by atoms with van der Waals surface area (Å²) in [6.07, 6.45) is 4.72. The number of benzene rings is 1. The van der Waals surface area contributed by atoms with Gasteiger partial charge in [0.2, 0.25) is 17.7 Å². The summed E-state index contributed by atoms with van der Waals surface area (Å²) in [6, 6.07) is 8.24. The van der Waals surface area contributed by atoms with Crippen LogP contribution in [0.5, 0.6) is 0 Å². The summed E-state index contributed by atoms with van der Waals surface area (Å²) >= 11 is 0. The molecule has 1 aliphatic heterocycles. The van der Waals surface area contributed by atoms with E-state index in [0.29, 0.717) is 19.3 Å². The van der Waals surface area contributed by atoms with E-state index in [1.165, 1.54) is 0 Å². The Morgan fingerprint density at radius 1 is 1.36 bits per heavy atom. The highest BCUT2D eigenvalue weighted by atomic mass is 16.2. The highest BCUT2D eigenvalue weighted by Gasteiger charge is 2.29. The average Bonchev–Trinajstić information content (AvgIpc) is 2.93. The van der Waals surface area contributed by atoms with Crippen molar-refractivity contribution in [2.75, 3.05) is 0 Å². The molecule has 1 heterocycles. The highest BCUT2D eigenvalue weighted by Crippen LogP contribution is 2.08. The molecule has 1 aliphatic rings. The van der Waals surface area contributed by atoms with Gasteiger partial charge in [-0.2, -0.15) is 0 Å². The van der Waals surface area contributed by atoms with Crippen LogP contribution in [0.3, 0.4) is 0 Å². The third-order valence-corrected chi connectivity index (χ3v) is 3.45. The van der Waals surface area contributed by atoms with E-state index in [1.54, 1.807) is 6.08 Å². The molecule has 22 heavy (non-hydrogen) atoms. The zero-order chi connectivity index (χ0) is 15.9. The molecule has 0 aliphatic carbocycles. The lowest BCUT2D eigenvalue weighted by atomic mass is 10.1. The second-order valence-electron chi connectivity index (χ2n) is 5.17. The summed E-state index contributed by atoms with van der Waals surface area (Å²) < 4.78 is 0. The molecule has 6 nitrogen and oxygen atoms in total. The van der Waals surface area contributed by atoms with Gasteiger partial charge in [0.25, 0.3) is 0 Å². The van der Waals surface area contributed by atoms with Crippen LogP contribution in [0, 0.1) is 0 Å². The minimum atomic E-state index is -0.787. The molecule has 1 aromatic rings. The number of hydrogen-bond acceptors (Lipinski definition) is 3. The fourth-order valence-electron chi connectivity index (χ4n) is 2.23. The standard InChI is InChI=1S/C16H19N3O3/c17-15(21)12(8-4-7-11-5-2-1-3-6-11)19-16(22)13-9-10-14(20)18-13/h1-7,12-13H,8-10H2,(H2,17,21)(H,18,20)(H,19,22)/b7-4+/t12-,13+/m1/s1. The Balaban J connectivity index is 1.90. The molecule has 2 rings (SSSR count). The van der Waals surface area contributed by atoms with Crippen LogP contribution in [0.15, 0.2) is 36.4 Å². The van der Waals surface area contributed by atoms with E-state index in [4.69, 9.17) is 5.73 Å². The first-order chi connectivity index (χ1) is 10.6. The predicted molar refractivity (Wildman–Crippen MR) is 82.4 cm³/mol. The van der Waals surface area contributed by atoms with Crippen LogP contribution in [0.25, 0.3) is 6.08 Å². The van der Waals surface area contributed by atoms with E-state index < -0.39 is 18.0 Å². The predicted octanol–water partition coefficient (Wildman–Crippen LogP) is 0.339. The van der Waals surface area contributed by atoms with Crippen molar-refractivity contribution in [3.05, 3.63) is 42.0 Å². The lowest BCUT2D eigenvalue weighted by molar-refractivity contribution is -0.129. The molecular formula is C16H19N3O3. The van der Waals surface area contributed by atoms with Gasteiger partial charge in [-0.1, -0.05) is 42.5 Å². The fourth-order valence-corrected chi connectivity index (χ4v) is 2.23. The summed E-state index contributed by atoms with van der Waals surface area (Å²) in [5.74, 6) is -1.13. The van der Waals surface area contributed by atoms with E-state index in [2.05, 4.69) is 10.6 Å². The van der Waals surface area contributed by atoms with Crippen LogP contribution in [-0.2, 0) is 14.4 Å². The van der Waals surface area contributed by atoms with Crippen molar-refractivity contribution >= 4 is 23.8 Å². The Morgan fingerprint density at radius 3 is 2.68 bits per heavy atom. The number of carbonyl (C=O) groups is 3. The molecule has 1 saturated heterocycles. The number of amides is 3. The van der Waals surface area contributed by atoms with Gasteiger partial charge in [0, 0.05) is 6.42 Å². The van der Waals surface area contributed by atoms with Crippen molar-refractivity contribution in [2.45, 2.75) is 31.3 Å². The second-order valence-corrected chi connectivity index (χ2v) is 5.17. The summed E-state index contributed by atoms with van der Waals surface area (Å²) in [5.41, 5.74) is 6.32. The Kier molecular flexibility index (Phi) is 5.30. The van der Waals surface area contributed by atoms with Gasteiger partial charge >= 0.3 is 0 Å². The molecule has 0 spiro atoms. The van der Waals surface area contributed by atoms with Crippen molar-refractivity contribution in [3.8, 4) is 0 Å². The summed E-state index contributed by atoms with van der Waals surface area (Å²) in [4.78, 5) is 34.5. The fraction of sp³-hybridized carbons (Fsp3) is 0.312. The molecule has 3 amide bonds. The molecule has 4 N–H and O–H groups in total. The molecule has 116 valence electrons. The Bertz CT molecular complexity index is 584. The SMILES string of the molecule is NC(=O)[C@@H](C/C=C/c1ccccc1)NC(=O)[C@@H]1CCC(=O)N1. The molecule has 2 atom stereocenters. The third-order valence-electron chi connectivity index (χ3n) is 3.45. The van der Waals surface area contributed by atoms with Crippen molar-refractivity contribution in [1.29, 1.82) is 0 Å². The third kappa shape index (κ3) is 4.44. The zero-order valence-electron chi connectivity index (χ0n) is 12.1. The first kappa shape index (κ1) is 15.8. The number of nitrogens with one attached hydrogen (secondary N) is 2. The average molecular weight is 301 g/mol. The van der Waals surface area contributed by atoms with Gasteiger partial charge in [0.05, 0.1) is 0 Å². The minimum absolute atomic E-state index is 0.153. The first-order valence-corrected chi connectivity index (χ1v) is 7.17. The normalized spacial score (nSPS) is 18.9. The van der Waals surface area contributed by atoms with Gasteiger partial charge in [-0.25, -0.2) is 0 Å². The van der Waals surface area contributed by atoms with Crippen molar-refractivity contribution < 1.29 is 14.4 Å². The zero-order valence-corrected chi connectivity index (χ0v) is 12.1. The lowest BCUT2D eigenvalue weighted by Crippen LogP contribution is -2.50. The number of carbonyl (C=O) groups excluding carboxylic acids is 3. The van der Waals surface area contributed by atoms with E-state index in [9.17, 15) is 14.4 Å². The van der Waals surface area contributed by atoms with Gasteiger partial charge in [-0.15, -0.1) is 0 Å². The minimum Gasteiger partial charge on any atom is -0.368 e. The van der Waals surface area contributed by atoms with Crippen molar-refractivity contribution in [1.82, 2.24) is 10.6 Å². The smallest absolute Gasteiger partial charge is 0.243 e. The lowest BCUT2D eigenvalue weighted by Gasteiger charge is -2.16. The molecule has 0 radical (unpaired) electrons. The summed E-state index contributed by atoms with van der Waals surface area (Å²) in [5, 5.41) is 5.14. The van der Waals surface area contributed by atoms with Gasteiger partial charge < -0.3 is 16.4 Å². The van der Waals surface area contributed by atoms with Gasteiger partial charge in [0.1, 0.15) is 12.1 Å². The van der Waals surface area contributed by atoms with Crippen LogP contribution in [0.1, 0.15) is 24.8 Å². The maximum absolute atomic E-state index is 12.0. The van der Waals surface area contributed by atoms with E-state index in [-0.39, 0.29) is 11.8 Å². The molecule has 0 aromatic heterocycles. The number of nitrogens with two attached hydrogens (primary N) is 1. The first-order valence-electron chi connectivity index (χ1n) is 7.17. The van der Waals surface area contributed by atoms with Crippen LogP contribution >= 0.6 is 0 Å². The topological polar surface area (TPSA) is 101 Å².